The predicted octanol–water partition coefficient (Wildman–Crippen LogP) is 1.47. The smallest absolute Gasteiger partial charge is 0.227 e. The number of aromatic nitrogens is 1. The van der Waals surface area contributed by atoms with Crippen LogP contribution in [0, 0.1) is 5.92 Å². The average Bonchev–Trinajstić information content (AvgIpc) is 2.46. The van der Waals surface area contributed by atoms with Crippen LogP contribution in [0.1, 0.15) is 24.8 Å². The largest absolute Gasteiger partial charge is 0.342 e. The Bertz CT molecular complexity index is 386. The number of piperidine rings is 1. The van der Waals surface area contributed by atoms with Gasteiger partial charge < -0.3 is 10.2 Å². The van der Waals surface area contributed by atoms with E-state index in [2.05, 4.69) is 10.3 Å². The highest BCUT2D eigenvalue weighted by Crippen LogP contribution is 2.20. The maximum atomic E-state index is 12.2. The molecule has 1 saturated heterocycles. The van der Waals surface area contributed by atoms with Gasteiger partial charge in [-0.2, -0.15) is 0 Å². The molecular weight excluding hydrogens is 238 g/mol. The molecule has 1 aliphatic heterocycles. The van der Waals surface area contributed by atoms with Crippen LogP contribution in [0.15, 0.2) is 24.5 Å². The highest BCUT2D eigenvalue weighted by Gasteiger charge is 2.22. The van der Waals surface area contributed by atoms with Crippen molar-refractivity contribution in [3.63, 3.8) is 0 Å². The minimum Gasteiger partial charge on any atom is -0.342 e. The number of nitrogens with zero attached hydrogens (tertiary/aromatic N) is 2. The average molecular weight is 261 g/mol. The van der Waals surface area contributed by atoms with E-state index in [0.717, 1.165) is 44.0 Å². The van der Waals surface area contributed by atoms with Gasteiger partial charge in [0.25, 0.3) is 0 Å². The van der Waals surface area contributed by atoms with Crippen LogP contribution in [0.3, 0.4) is 0 Å². The molecule has 0 spiro atoms. The van der Waals surface area contributed by atoms with Crippen LogP contribution in [0.4, 0.5) is 0 Å². The molecule has 2 heterocycles. The predicted molar refractivity (Wildman–Crippen MR) is 75.8 cm³/mol. The van der Waals surface area contributed by atoms with Crippen molar-refractivity contribution in [1.82, 2.24) is 15.2 Å². The second kappa shape index (κ2) is 7.24. The number of carbonyl (C=O) groups is 1. The van der Waals surface area contributed by atoms with E-state index in [9.17, 15) is 4.79 Å². The molecule has 0 atom stereocenters. The summed E-state index contributed by atoms with van der Waals surface area (Å²) in [7, 11) is 1.99. The molecule has 0 aliphatic carbocycles. The van der Waals surface area contributed by atoms with Gasteiger partial charge in [0.05, 0.1) is 6.42 Å². The Labute approximate surface area is 115 Å². The Balaban J connectivity index is 1.76. The maximum absolute atomic E-state index is 12.2. The number of pyridine rings is 1. The van der Waals surface area contributed by atoms with Gasteiger partial charge in [-0.1, -0.05) is 6.07 Å². The van der Waals surface area contributed by atoms with Crippen LogP contribution in [0.5, 0.6) is 0 Å². The SMILES string of the molecule is CNCCC1CCN(C(=O)Cc2cccnc2)CC1. The minimum atomic E-state index is 0.236. The van der Waals surface area contributed by atoms with Crippen molar-refractivity contribution < 1.29 is 4.79 Å². The molecule has 1 fully saturated rings. The second-order valence-corrected chi connectivity index (χ2v) is 5.25. The van der Waals surface area contributed by atoms with E-state index in [1.54, 1.807) is 12.4 Å². The summed E-state index contributed by atoms with van der Waals surface area (Å²) in [6, 6.07) is 3.84. The summed E-state index contributed by atoms with van der Waals surface area (Å²) in [6.45, 7) is 2.90. The molecule has 1 aromatic heterocycles. The van der Waals surface area contributed by atoms with Crippen LogP contribution in [-0.4, -0.2) is 42.5 Å². The lowest BCUT2D eigenvalue weighted by atomic mass is 9.93. The third kappa shape index (κ3) is 4.31. The molecule has 1 aliphatic rings. The van der Waals surface area contributed by atoms with Gasteiger partial charge in [0.2, 0.25) is 5.91 Å². The number of hydrogen-bond acceptors (Lipinski definition) is 3. The highest BCUT2D eigenvalue weighted by molar-refractivity contribution is 5.78. The molecule has 1 N–H and O–H groups in total. The van der Waals surface area contributed by atoms with Gasteiger partial charge in [-0.25, -0.2) is 0 Å². The highest BCUT2D eigenvalue weighted by atomic mass is 16.2. The third-order valence-corrected chi connectivity index (χ3v) is 3.85. The molecule has 104 valence electrons. The summed E-state index contributed by atoms with van der Waals surface area (Å²) < 4.78 is 0. The molecule has 0 aromatic carbocycles. The molecule has 2 rings (SSSR count). The van der Waals surface area contributed by atoms with Crippen molar-refractivity contribution >= 4 is 5.91 Å². The summed E-state index contributed by atoms with van der Waals surface area (Å²) in [6.07, 6.45) is 7.50. The fourth-order valence-corrected chi connectivity index (χ4v) is 2.61. The standard InChI is InChI=1S/C15H23N3O/c1-16-8-4-13-5-9-18(10-6-13)15(19)11-14-3-2-7-17-12-14/h2-3,7,12-13,16H,4-6,8-11H2,1H3. The monoisotopic (exact) mass is 261 g/mol. The molecule has 19 heavy (non-hydrogen) atoms. The summed E-state index contributed by atoms with van der Waals surface area (Å²) in [5.41, 5.74) is 1.00. The molecule has 1 amide bonds. The summed E-state index contributed by atoms with van der Waals surface area (Å²) in [5, 5.41) is 3.19. The number of likely N-dealkylation sites (tertiary alicyclic amines) is 1. The molecule has 0 bridgehead atoms. The Morgan fingerprint density at radius 3 is 2.89 bits per heavy atom. The van der Waals surface area contributed by atoms with Crippen molar-refractivity contribution in [1.29, 1.82) is 0 Å². The van der Waals surface area contributed by atoms with E-state index in [1.165, 1.54) is 6.42 Å². The van der Waals surface area contributed by atoms with Crippen molar-refractivity contribution in [3.05, 3.63) is 30.1 Å². The number of carbonyl (C=O) groups excluding carboxylic acids is 1. The van der Waals surface area contributed by atoms with E-state index in [4.69, 9.17) is 0 Å². The lowest BCUT2D eigenvalue weighted by Crippen LogP contribution is -2.39. The van der Waals surface area contributed by atoms with Crippen LogP contribution in [-0.2, 0) is 11.2 Å². The van der Waals surface area contributed by atoms with Gasteiger partial charge >= 0.3 is 0 Å². The van der Waals surface area contributed by atoms with Crippen LogP contribution in [0.2, 0.25) is 0 Å². The van der Waals surface area contributed by atoms with E-state index in [-0.39, 0.29) is 5.91 Å². The van der Waals surface area contributed by atoms with Crippen molar-refractivity contribution in [2.24, 2.45) is 5.92 Å². The van der Waals surface area contributed by atoms with E-state index in [0.29, 0.717) is 6.42 Å². The van der Waals surface area contributed by atoms with Crippen LogP contribution < -0.4 is 5.32 Å². The van der Waals surface area contributed by atoms with E-state index in [1.807, 2.05) is 24.1 Å². The fourth-order valence-electron chi connectivity index (χ4n) is 2.61. The molecule has 4 nitrogen and oxygen atoms in total. The van der Waals surface area contributed by atoms with Crippen molar-refractivity contribution in [2.75, 3.05) is 26.7 Å². The molecule has 4 heteroatoms. The van der Waals surface area contributed by atoms with Gasteiger partial charge in [-0.05, 0) is 50.4 Å². The minimum absolute atomic E-state index is 0.236. The van der Waals surface area contributed by atoms with Gasteiger partial charge in [0, 0.05) is 25.5 Å². The maximum Gasteiger partial charge on any atom is 0.227 e. The quantitative estimate of drug-likeness (QED) is 0.873. The van der Waals surface area contributed by atoms with Crippen LogP contribution in [0.25, 0.3) is 0 Å². The second-order valence-electron chi connectivity index (χ2n) is 5.25. The first-order valence-electron chi connectivity index (χ1n) is 7.11. The Hall–Kier alpha value is -1.42. The van der Waals surface area contributed by atoms with Gasteiger partial charge in [-0.15, -0.1) is 0 Å². The topological polar surface area (TPSA) is 45.2 Å². The first kappa shape index (κ1) is 14.0. The first-order chi connectivity index (χ1) is 9.29. The number of hydrogen-bond donors (Lipinski definition) is 1. The molecular formula is C15H23N3O. The fraction of sp³-hybridized carbons (Fsp3) is 0.600. The summed E-state index contributed by atoms with van der Waals surface area (Å²) in [5.74, 6) is 1.01. The van der Waals surface area contributed by atoms with E-state index >= 15 is 0 Å². The summed E-state index contributed by atoms with van der Waals surface area (Å²) >= 11 is 0. The third-order valence-electron chi connectivity index (χ3n) is 3.85. The zero-order valence-corrected chi connectivity index (χ0v) is 11.6. The number of nitrogens with one attached hydrogen (secondary N) is 1. The summed E-state index contributed by atoms with van der Waals surface area (Å²) in [4.78, 5) is 18.2. The van der Waals surface area contributed by atoms with Crippen LogP contribution >= 0.6 is 0 Å². The molecule has 1 aromatic rings. The van der Waals surface area contributed by atoms with E-state index < -0.39 is 0 Å². The first-order valence-corrected chi connectivity index (χ1v) is 7.11. The normalized spacial score (nSPS) is 16.6. The number of rotatable bonds is 5. The molecule has 0 radical (unpaired) electrons. The Morgan fingerprint density at radius 1 is 1.47 bits per heavy atom. The number of amides is 1. The van der Waals surface area contributed by atoms with Crippen molar-refractivity contribution in [2.45, 2.75) is 25.7 Å². The van der Waals surface area contributed by atoms with Gasteiger partial charge in [0.1, 0.15) is 0 Å². The Morgan fingerprint density at radius 2 is 2.26 bits per heavy atom. The molecule has 0 unspecified atom stereocenters. The van der Waals surface area contributed by atoms with Gasteiger partial charge in [-0.3, -0.25) is 9.78 Å². The van der Waals surface area contributed by atoms with Gasteiger partial charge in [0.15, 0.2) is 0 Å². The lowest BCUT2D eigenvalue weighted by Gasteiger charge is -2.32. The Kier molecular flexibility index (Phi) is 5.33. The zero-order valence-electron chi connectivity index (χ0n) is 11.6. The molecule has 0 saturated carbocycles. The van der Waals surface area contributed by atoms with Crippen molar-refractivity contribution in [3.8, 4) is 0 Å². The zero-order chi connectivity index (χ0) is 13.5. The lowest BCUT2D eigenvalue weighted by molar-refractivity contribution is -0.131.